The maximum Gasteiger partial charge on any atom is 0.350 e. The van der Waals surface area contributed by atoms with E-state index in [1.807, 2.05) is 6.92 Å². The number of nitrogens with one attached hydrogen (secondary N) is 2. The molecule has 0 aliphatic rings. The molecule has 12 heteroatoms. The number of aromatic nitrogens is 2. The summed E-state index contributed by atoms with van der Waals surface area (Å²) in [6, 6.07) is 14.5. The van der Waals surface area contributed by atoms with Gasteiger partial charge in [-0.3, -0.25) is 9.78 Å². The quantitative estimate of drug-likeness (QED) is 0.179. The lowest BCUT2D eigenvalue weighted by molar-refractivity contribution is -0.144. The minimum atomic E-state index is -4.47. The zero-order valence-electron chi connectivity index (χ0n) is 23.6. The summed E-state index contributed by atoms with van der Waals surface area (Å²) in [5.74, 6) is -6.14. The lowest BCUT2D eigenvalue weighted by Gasteiger charge is -2.16. The number of benzene rings is 3. The van der Waals surface area contributed by atoms with Gasteiger partial charge < -0.3 is 19.6 Å². The van der Waals surface area contributed by atoms with Crippen molar-refractivity contribution in [2.75, 3.05) is 13.2 Å². The number of hydrogen-bond donors (Lipinski definition) is 3. The van der Waals surface area contributed by atoms with E-state index in [4.69, 9.17) is 9.47 Å². The fourth-order valence-corrected chi connectivity index (χ4v) is 6.15. The molecule has 0 radical (unpaired) electrons. The zero-order valence-corrected chi connectivity index (χ0v) is 24.4. The Morgan fingerprint density at radius 2 is 1.74 bits per heavy atom. The first-order valence-electron chi connectivity index (χ1n) is 13.5. The number of H-pyrrole nitrogens is 1. The summed E-state index contributed by atoms with van der Waals surface area (Å²) in [6.45, 7) is 6.00. The Morgan fingerprint density at radius 1 is 1.02 bits per heavy atom. The largest absolute Gasteiger partial charge is 0.504 e. The van der Waals surface area contributed by atoms with Crippen LogP contribution in [-0.4, -0.2) is 42.6 Å². The van der Waals surface area contributed by atoms with Crippen molar-refractivity contribution in [2.45, 2.75) is 32.4 Å². The van der Waals surface area contributed by atoms with Crippen LogP contribution in [0.4, 0.5) is 8.78 Å². The Morgan fingerprint density at radius 3 is 2.42 bits per heavy atom. The molecule has 0 aliphatic heterocycles. The normalized spacial score (nSPS) is 12.0. The molecule has 3 N–H and O–H groups in total. The number of carbonyl (C=O) groups excluding carboxylic acids is 1. The maximum atomic E-state index is 14.6. The van der Waals surface area contributed by atoms with Crippen LogP contribution in [0.25, 0.3) is 32.9 Å². The predicted molar refractivity (Wildman–Crippen MR) is 159 cm³/mol. The number of rotatable bonds is 10. The van der Waals surface area contributed by atoms with Crippen LogP contribution in [0.15, 0.2) is 66.9 Å². The second-order valence-corrected chi connectivity index (χ2v) is 11.5. The molecule has 5 rings (SSSR count). The number of aryl methyl sites for hydroxylation is 1. The van der Waals surface area contributed by atoms with Crippen LogP contribution in [0.1, 0.15) is 30.5 Å². The molecule has 0 fully saturated rings. The fourth-order valence-electron chi connectivity index (χ4n) is 5.05. The Labute approximate surface area is 246 Å². The molecule has 43 heavy (non-hydrogen) atoms. The van der Waals surface area contributed by atoms with Gasteiger partial charge in [0.2, 0.25) is 15.9 Å². The van der Waals surface area contributed by atoms with Crippen LogP contribution < -0.4 is 14.2 Å². The highest BCUT2D eigenvalue weighted by molar-refractivity contribution is 7.89. The van der Waals surface area contributed by atoms with Gasteiger partial charge in [0.05, 0.1) is 40.9 Å². The summed E-state index contributed by atoms with van der Waals surface area (Å²) in [6.07, 6.45) is 1.63. The molecule has 9 nitrogen and oxygen atoms in total. The van der Waals surface area contributed by atoms with Crippen molar-refractivity contribution in [3.8, 4) is 28.6 Å². The molecule has 2 aromatic heterocycles. The number of ether oxygens (including phenoxy) is 2. The van der Waals surface area contributed by atoms with Gasteiger partial charge in [-0.2, -0.15) is 8.78 Å². The SMILES string of the molecule is CCOc1c(O)c2c(-c3ccc(CS(=O)(=O)NC(=O)C(F)(F)c4ccccc4)cc3C)[nH]c(OCC)c2c2ncccc12. The minimum Gasteiger partial charge on any atom is -0.504 e. The highest BCUT2D eigenvalue weighted by Crippen LogP contribution is 2.49. The summed E-state index contributed by atoms with van der Waals surface area (Å²) in [4.78, 5) is 20.0. The lowest BCUT2D eigenvalue weighted by atomic mass is 9.98. The predicted octanol–water partition coefficient (Wildman–Crippen LogP) is 5.93. The average Bonchev–Trinajstić information content (AvgIpc) is 3.34. The molecule has 0 saturated carbocycles. The number of nitrogens with zero attached hydrogens (tertiary/aromatic N) is 1. The van der Waals surface area contributed by atoms with Crippen molar-refractivity contribution >= 4 is 37.6 Å². The van der Waals surface area contributed by atoms with Gasteiger partial charge in [-0.25, -0.2) is 13.1 Å². The molecule has 0 bridgehead atoms. The first kappa shape index (κ1) is 29.8. The third-order valence-corrected chi connectivity index (χ3v) is 8.08. The molecule has 0 aliphatic carbocycles. The molecule has 224 valence electrons. The highest BCUT2D eigenvalue weighted by Gasteiger charge is 2.42. The van der Waals surface area contributed by atoms with Crippen LogP contribution in [0.5, 0.6) is 17.4 Å². The molecular weight excluding hydrogens is 580 g/mol. The van der Waals surface area contributed by atoms with E-state index in [0.29, 0.717) is 57.6 Å². The molecule has 1 amide bonds. The summed E-state index contributed by atoms with van der Waals surface area (Å²) in [7, 11) is -4.47. The molecule has 5 aromatic rings. The average molecular weight is 610 g/mol. The van der Waals surface area contributed by atoms with E-state index in [1.54, 1.807) is 44.3 Å². The van der Waals surface area contributed by atoms with E-state index in [-0.39, 0.29) is 17.1 Å². The van der Waals surface area contributed by atoms with E-state index in [1.165, 1.54) is 29.0 Å². The van der Waals surface area contributed by atoms with Crippen molar-refractivity contribution in [3.63, 3.8) is 0 Å². The molecular formula is C31H29F2N3O6S. The third-order valence-electron chi connectivity index (χ3n) is 6.87. The number of halogens is 2. The van der Waals surface area contributed by atoms with Crippen LogP contribution in [0.2, 0.25) is 0 Å². The van der Waals surface area contributed by atoms with Gasteiger partial charge >= 0.3 is 11.8 Å². The minimum absolute atomic E-state index is 0.109. The topological polar surface area (TPSA) is 131 Å². The maximum absolute atomic E-state index is 14.6. The second-order valence-electron chi connectivity index (χ2n) is 9.80. The van der Waals surface area contributed by atoms with Gasteiger partial charge in [0.15, 0.2) is 11.5 Å². The standard InChI is InChI=1S/C31H29F2N3O6S/c1-4-41-28-22-12-9-15-34-25(22)24-23(27(28)37)26(35-29(24)42-5-2)21-14-13-19(16-18(21)3)17-43(39,40)36-30(38)31(32,33)20-10-7-6-8-11-20/h6-16,35,37H,4-5,17H2,1-3H3,(H,36,38). The van der Waals surface area contributed by atoms with Gasteiger partial charge in [0, 0.05) is 22.7 Å². The number of alkyl halides is 2. The number of amides is 1. The van der Waals surface area contributed by atoms with Crippen molar-refractivity contribution < 1.29 is 36.6 Å². The Bertz CT molecular complexity index is 1940. The smallest absolute Gasteiger partial charge is 0.350 e. The number of sulfonamides is 1. The number of carbonyl (C=O) groups is 1. The van der Waals surface area contributed by atoms with Crippen LogP contribution in [-0.2, 0) is 26.5 Å². The summed E-state index contributed by atoms with van der Waals surface area (Å²) in [5.41, 5.74) is 1.92. The number of phenolic OH excluding ortho intramolecular Hbond substituents is 1. The van der Waals surface area contributed by atoms with Gasteiger partial charge in [0.1, 0.15) is 0 Å². The van der Waals surface area contributed by atoms with E-state index < -0.39 is 33.2 Å². The summed E-state index contributed by atoms with van der Waals surface area (Å²) < 4.78 is 67.8. The Hall–Kier alpha value is -4.71. The highest BCUT2D eigenvalue weighted by atomic mass is 32.2. The molecule has 0 saturated heterocycles. The molecule has 0 unspecified atom stereocenters. The molecule has 0 atom stereocenters. The summed E-state index contributed by atoms with van der Waals surface area (Å²) in [5, 5.41) is 13.0. The van der Waals surface area contributed by atoms with Crippen LogP contribution in [0.3, 0.4) is 0 Å². The second kappa shape index (κ2) is 11.5. The van der Waals surface area contributed by atoms with Gasteiger partial charge in [-0.15, -0.1) is 0 Å². The first-order chi connectivity index (χ1) is 20.5. The zero-order chi connectivity index (χ0) is 30.9. The van der Waals surface area contributed by atoms with Crippen molar-refractivity contribution in [1.29, 1.82) is 0 Å². The Balaban J connectivity index is 1.52. The van der Waals surface area contributed by atoms with Gasteiger partial charge in [-0.05, 0) is 44.0 Å². The fraction of sp³-hybridized carbons (Fsp3) is 0.226. The number of aromatic amines is 1. The van der Waals surface area contributed by atoms with Crippen LogP contribution in [0, 0.1) is 6.92 Å². The molecule has 0 spiro atoms. The molecule has 2 heterocycles. The van der Waals surface area contributed by atoms with E-state index in [9.17, 15) is 27.1 Å². The number of fused-ring (bicyclic) bond motifs is 3. The van der Waals surface area contributed by atoms with Gasteiger partial charge in [0.25, 0.3) is 0 Å². The number of hydrogen-bond acceptors (Lipinski definition) is 7. The number of phenols is 1. The lowest BCUT2D eigenvalue weighted by Crippen LogP contribution is -2.41. The van der Waals surface area contributed by atoms with E-state index >= 15 is 0 Å². The van der Waals surface area contributed by atoms with Crippen molar-refractivity contribution in [2.24, 2.45) is 0 Å². The van der Waals surface area contributed by atoms with E-state index in [0.717, 1.165) is 12.1 Å². The monoisotopic (exact) mass is 609 g/mol. The third kappa shape index (κ3) is 5.57. The van der Waals surface area contributed by atoms with E-state index in [2.05, 4.69) is 9.97 Å². The van der Waals surface area contributed by atoms with Crippen molar-refractivity contribution in [3.05, 3.63) is 83.6 Å². The van der Waals surface area contributed by atoms with Crippen LogP contribution >= 0.6 is 0 Å². The Kier molecular flexibility index (Phi) is 7.98. The summed E-state index contributed by atoms with van der Waals surface area (Å²) >= 11 is 0. The van der Waals surface area contributed by atoms with Crippen molar-refractivity contribution in [1.82, 2.24) is 14.7 Å². The first-order valence-corrected chi connectivity index (χ1v) is 15.1. The number of pyridine rings is 1. The number of aromatic hydroxyl groups is 1. The van der Waals surface area contributed by atoms with Gasteiger partial charge in [-0.1, -0.05) is 48.5 Å². The molecule has 3 aromatic carbocycles.